The van der Waals surface area contributed by atoms with Gasteiger partial charge in [0.05, 0.1) is 24.5 Å². The Kier molecular flexibility index (Phi) is 5.14. The number of nitrogens with one attached hydrogen (secondary N) is 1. The Bertz CT molecular complexity index is 1050. The molecule has 0 radical (unpaired) electrons. The van der Waals surface area contributed by atoms with Crippen molar-refractivity contribution in [2.75, 3.05) is 18.0 Å². The molecule has 1 saturated heterocycles. The summed E-state index contributed by atoms with van der Waals surface area (Å²) in [6, 6.07) is 3.36. The molecule has 0 bridgehead atoms. The van der Waals surface area contributed by atoms with Gasteiger partial charge < -0.3 is 15.3 Å². The van der Waals surface area contributed by atoms with Crippen molar-refractivity contribution in [2.24, 2.45) is 0 Å². The minimum absolute atomic E-state index is 0.0245. The maximum atomic E-state index is 13.8. The van der Waals surface area contributed by atoms with E-state index in [0.717, 1.165) is 30.6 Å². The van der Waals surface area contributed by atoms with Crippen LogP contribution in [0.4, 0.5) is 10.2 Å². The molecule has 0 saturated carbocycles. The van der Waals surface area contributed by atoms with Gasteiger partial charge in [0.15, 0.2) is 5.65 Å². The molecule has 1 aliphatic rings. The van der Waals surface area contributed by atoms with E-state index in [-0.39, 0.29) is 24.3 Å². The van der Waals surface area contributed by atoms with E-state index < -0.39 is 6.10 Å². The van der Waals surface area contributed by atoms with Gasteiger partial charge in [-0.2, -0.15) is 5.10 Å². The van der Waals surface area contributed by atoms with E-state index >= 15 is 0 Å². The summed E-state index contributed by atoms with van der Waals surface area (Å²) in [5.41, 5.74) is 2.43. The Balaban J connectivity index is 1.67. The van der Waals surface area contributed by atoms with Gasteiger partial charge in [0.1, 0.15) is 17.2 Å². The molecule has 4 rings (SSSR count). The minimum Gasteiger partial charge on any atom is -0.392 e. The number of carbonyl (C=O) groups is 1. The fourth-order valence-electron chi connectivity index (χ4n) is 3.74. The first-order valence-corrected chi connectivity index (χ1v) is 9.63. The van der Waals surface area contributed by atoms with Crippen LogP contribution >= 0.6 is 0 Å². The van der Waals surface area contributed by atoms with Crippen molar-refractivity contribution in [3.8, 4) is 0 Å². The molecule has 152 valence electrons. The number of nitrogens with zero attached hydrogens (tertiary/aromatic N) is 5. The molecule has 3 aromatic heterocycles. The van der Waals surface area contributed by atoms with Crippen molar-refractivity contribution in [1.82, 2.24) is 24.9 Å². The predicted molar refractivity (Wildman–Crippen MR) is 105 cm³/mol. The number of anilines is 1. The van der Waals surface area contributed by atoms with Gasteiger partial charge >= 0.3 is 0 Å². The largest absolute Gasteiger partial charge is 0.392 e. The average Bonchev–Trinajstić information content (AvgIpc) is 3.34. The number of aliphatic hydroxyl groups excluding tert-OH is 1. The van der Waals surface area contributed by atoms with E-state index in [9.17, 15) is 14.3 Å². The van der Waals surface area contributed by atoms with Gasteiger partial charge in [-0.1, -0.05) is 0 Å². The Morgan fingerprint density at radius 3 is 3.07 bits per heavy atom. The molecular weight excluding hydrogens is 375 g/mol. The summed E-state index contributed by atoms with van der Waals surface area (Å²) >= 11 is 0. The lowest BCUT2D eigenvalue weighted by Gasteiger charge is -2.27. The van der Waals surface area contributed by atoms with Crippen LogP contribution in [0, 0.1) is 12.7 Å². The van der Waals surface area contributed by atoms with Crippen LogP contribution in [-0.2, 0) is 0 Å². The monoisotopic (exact) mass is 398 g/mol. The molecule has 2 atom stereocenters. The number of hydrogen-bond donors (Lipinski definition) is 2. The zero-order chi connectivity index (χ0) is 20.5. The first-order chi connectivity index (χ1) is 13.9. The number of carbonyl (C=O) groups excluding carboxylic acids is 1. The van der Waals surface area contributed by atoms with Crippen LogP contribution in [0.5, 0.6) is 0 Å². The Hall–Kier alpha value is -3.07. The molecule has 2 N–H and O–H groups in total. The van der Waals surface area contributed by atoms with Crippen molar-refractivity contribution >= 4 is 17.4 Å². The van der Waals surface area contributed by atoms with Gasteiger partial charge in [-0.05, 0) is 44.4 Å². The Morgan fingerprint density at radius 1 is 1.45 bits per heavy atom. The molecular formula is C20H23FN6O2. The molecule has 0 spiro atoms. The summed E-state index contributed by atoms with van der Waals surface area (Å²) in [6.07, 6.45) is 5.64. The molecule has 9 heteroatoms. The van der Waals surface area contributed by atoms with Crippen LogP contribution in [0.25, 0.3) is 5.65 Å². The normalized spacial score (nSPS) is 17.7. The number of pyridine rings is 1. The average molecular weight is 398 g/mol. The summed E-state index contributed by atoms with van der Waals surface area (Å²) in [5.74, 6) is 0.0103. The summed E-state index contributed by atoms with van der Waals surface area (Å²) in [6.45, 7) is 4.41. The van der Waals surface area contributed by atoms with Crippen molar-refractivity contribution in [3.05, 3.63) is 53.4 Å². The maximum Gasteiger partial charge on any atom is 0.256 e. The van der Waals surface area contributed by atoms with Crippen LogP contribution in [0.15, 0.2) is 30.7 Å². The smallest absolute Gasteiger partial charge is 0.256 e. The third-order valence-electron chi connectivity index (χ3n) is 5.16. The number of amides is 1. The molecule has 0 aliphatic carbocycles. The molecule has 1 fully saturated rings. The molecule has 3 aromatic rings. The van der Waals surface area contributed by atoms with E-state index in [4.69, 9.17) is 0 Å². The van der Waals surface area contributed by atoms with E-state index in [1.165, 1.54) is 18.5 Å². The molecule has 8 nitrogen and oxygen atoms in total. The number of aliphatic hydroxyl groups is 1. The van der Waals surface area contributed by atoms with Gasteiger partial charge in [-0.15, -0.1) is 0 Å². The number of aryl methyl sites for hydroxylation is 1. The van der Waals surface area contributed by atoms with Crippen LogP contribution in [-0.4, -0.2) is 49.8 Å². The van der Waals surface area contributed by atoms with Gasteiger partial charge in [0.2, 0.25) is 0 Å². The third kappa shape index (κ3) is 3.77. The minimum atomic E-state index is -0.641. The second-order valence-electron chi connectivity index (χ2n) is 7.35. The van der Waals surface area contributed by atoms with Gasteiger partial charge in [-0.3, -0.25) is 9.78 Å². The third-order valence-corrected chi connectivity index (χ3v) is 5.16. The van der Waals surface area contributed by atoms with Crippen LogP contribution in [0.2, 0.25) is 0 Å². The summed E-state index contributed by atoms with van der Waals surface area (Å²) in [7, 11) is 0. The number of fused-ring (bicyclic) bond motifs is 1. The van der Waals surface area contributed by atoms with Crippen LogP contribution in [0.3, 0.4) is 0 Å². The highest BCUT2D eigenvalue weighted by Gasteiger charge is 2.29. The lowest BCUT2D eigenvalue weighted by Crippen LogP contribution is -2.30. The predicted octanol–water partition coefficient (Wildman–Crippen LogP) is 2.02. The van der Waals surface area contributed by atoms with Crippen LogP contribution < -0.4 is 10.2 Å². The second-order valence-corrected chi connectivity index (χ2v) is 7.35. The highest BCUT2D eigenvalue weighted by Crippen LogP contribution is 2.36. The molecule has 1 unspecified atom stereocenters. The van der Waals surface area contributed by atoms with Gasteiger partial charge in [0.25, 0.3) is 5.91 Å². The molecule has 29 heavy (non-hydrogen) atoms. The van der Waals surface area contributed by atoms with Crippen molar-refractivity contribution in [2.45, 2.75) is 38.8 Å². The van der Waals surface area contributed by atoms with Gasteiger partial charge in [0, 0.05) is 25.0 Å². The lowest BCUT2D eigenvalue weighted by molar-refractivity contribution is 0.0925. The Morgan fingerprint density at radius 2 is 2.28 bits per heavy atom. The fourth-order valence-corrected chi connectivity index (χ4v) is 3.74. The number of hydrogen-bond acceptors (Lipinski definition) is 6. The standard InChI is InChI=1S/C20H23FN6O2/c1-12(28)9-23-20(29)16-11-24-27-7-5-18(25-19(16)27)26-6-3-4-17(26)15-8-14(21)10-22-13(15)2/h5,7-8,10-12,17,28H,3-4,6,9H2,1-2H3,(H,23,29)/t12?,17-/m1/s1. The SMILES string of the molecule is Cc1ncc(F)cc1[C@H]1CCCN1c1ccn2ncc(C(=O)NCC(C)O)c2n1. The Labute approximate surface area is 167 Å². The topological polar surface area (TPSA) is 95.7 Å². The number of aromatic nitrogens is 4. The zero-order valence-electron chi connectivity index (χ0n) is 16.3. The number of halogens is 1. The summed E-state index contributed by atoms with van der Waals surface area (Å²) in [5, 5.41) is 16.2. The first kappa shape index (κ1) is 19.3. The van der Waals surface area contributed by atoms with E-state index in [2.05, 4.69) is 25.3 Å². The quantitative estimate of drug-likeness (QED) is 0.683. The lowest BCUT2D eigenvalue weighted by atomic mass is 10.0. The van der Waals surface area contributed by atoms with Crippen molar-refractivity contribution in [3.63, 3.8) is 0 Å². The summed E-state index contributed by atoms with van der Waals surface area (Å²) < 4.78 is 15.3. The first-order valence-electron chi connectivity index (χ1n) is 9.63. The molecule has 1 aliphatic heterocycles. The van der Waals surface area contributed by atoms with Crippen molar-refractivity contribution < 1.29 is 14.3 Å². The van der Waals surface area contributed by atoms with E-state index in [0.29, 0.717) is 17.0 Å². The molecule has 0 aromatic carbocycles. The molecule has 4 heterocycles. The van der Waals surface area contributed by atoms with Crippen molar-refractivity contribution in [1.29, 1.82) is 0 Å². The second kappa shape index (κ2) is 7.75. The fraction of sp³-hybridized carbons (Fsp3) is 0.400. The van der Waals surface area contributed by atoms with Crippen LogP contribution in [0.1, 0.15) is 47.4 Å². The highest BCUT2D eigenvalue weighted by molar-refractivity contribution is 5.99. The highest BCUT2D eigenvalue weighted by atomic mass is 19.1. The molecule has 1 amide bonds. The number of rotatable bonds is 5. The van der Waals surface area contributed by atoms with Gasteiger partial charge in [-0.25, -0.2) is 13.9 Å². The zero-order valence-corrected chi connectivity index (χ0v) is 16.3. The summed E-state index contributed by atoms with van der Waals surface area (Å²) in [4.78, 5) is 23.4. The van der Waals surface area contributed by atoms with E-state index in [1.807, 2.05) is 13.0 Å². The maximum absolute atomic E-state index is 13.8. The van der Waals surface area contributed by atoms with E-state index in [1.54, 1.807) is 17.6 Å².